The fourth-order valence-corrected chi connectivity index (χ4v) is 3.67. The van der Waals surface area contributed by atoms with Crippen LogP contribution in [0.25, 0.3) is 0 Å². The van der Waals surface area contributed by atoms with Crippen LogP contribution in [0, 0.1) is 5.41 Å². The van der Waals surface area contributed by atoms with E-state index in [0.717, 1.165) is 25.3 Å². The van der Waals surface area contributed by atoms with Gasteiger partial charge in [-0.25, -0.2) is 0 Å². The molecule has 2 rings (SSSR count). The zero-order valence-corrected chi connectivity index (χ0v) is 14.1. The molecule has 0 bridgehead atoms. The number of hydrogen-bond acceptors (Lipinski definition) is 2. The van der Waals surface area contributed by atoms with E-state index in [0.29, 0.717) is 17.4 Å². The second-order valence-corrected chi connectivity index (χ2v) is 7.30. The molecule has 21 heavy (non-hydrogen) atoms. The van der Waals surface area contributed by atoms with Crippen molar-refractivity contribution in [2.24, 2.45) is 5.41 Å². The molecule has 0 saturated carbocycles. The highest BCUT2D eigenvalue weighted by Gasteiger charge is 2.29. The quantitative estimate of drug-likeness (QED) is 0.782. The van der Waals surface area contributed by atoms with Crippen LogP contribution in [0.2, 0.25) is 0 Å². The van der Waals surface area contributed by atoms with E-state index in [9.17, 15) is 0 Å². The lowest BCUT2D eigenvalue weighted by Crippen LogP contribution is -2.33. The van der Waals surface area contributed by atoms with Crippen LogP contribution in [-0.4, -0.2) is 19.2 Å². The van der Waals surface area contributed by atoms with Crippen molar-refractivity contribution in [3.05, 3.63) is 29.8 Å². The van der Waals surface area contributed by atoms with Crippen molar-refractivity contribution < 1.29 is 4.74 Å². The maximum atomic E-state index is 5.79. The highest BCUT2D eigenvalue weighted by atomic mass is 16.5. The minimum Gasteiger partial charge on any atom is -0.493 e. The molecule has 1 heterocycles. The molecule has 2 nitrogen and oxygen atoms in total. The molecule has 0 saturated heterocycles. The van der Waals surface area contributed by atoms with E-state index in [1.165, 1.54) is 24.8 Å². The van der Waals surface area contributed by atoms with Crippen LogP contribution in [-0.2, 0) is 0 Å². The number of ether oxygens (including phenoxy) is 1. The second-order valence-electron chi connectivity index (χ2n) is 7.30. The van der Waals surface area contributed by atoms with E-state index in [4.69, 9.17) is 4.74 Å². The molecular formula is C19H31NO. The number of rotatable bonds is 7. The van der Waals surface area contributed by atoms with Gasteiger partial charge in [-0.05, 0) is 62.1 Å². The third-order valence-electron chi connectivity index (χ3n) is 4.48. The number of para-hydroxylation sites is 1. The van der Waals surface area contributed by atoms with Crippen molar-refractivity contribution in [3.8, 4) is 5.75 Å². The van der Waals surface area contributed by atoms with Gasteiger partial charge < -0.3 is 10.1 Å². The van der Waals surface area contributed by atoms with Crippen molar-refractivity contribution in [2.75, 3.05) is 13.2 Å². The molecule has 0 radical (unpaired) electrons. The van der Waals surface area contributed by atoms with Gasteiger partial charge >= 0.3 is 0 Å². The maximum Gasteiger partial charge on any atom is 0.122 e. The Bertz CT molecular complexity index is 441. The molecule has 0 fully saturated rings. The molecule has 1 aromatic carbocycles. The Morgan fingerprint density at radius 1 is 1.33 bits per heavy atom. The second kappa shape index (κ2) is 7.31. The van der Waals surface area contributed by atoms with Gasteiger partial charge in [0.1, 0.15) is 5.75 Å². The summed E-state index contributed by atoms with van der Waals surface area (Å²) in [6.07, 6.45) is 4.83. The van der Waals surface area contributed by atoms with Crippen molar-refractivity contribution >= 4 is 0 Å². The molecule has 1 N–H and O–H groups in total. The van der Waals surface area contributed by atoms with Crippen LogP contribution < -0.4 is 10.1 Å². The average molecular weight is 289 g/mol. The van der Waals surface area contributed by atoms with Gasteiger partial charge in [-0.2, -0.15) is 0 Å². The maximum absolute atomic E-state index is 5.79. The largest absolute Gasteiger partial charge is 0.493 e. The summed E-state index contributed by atoms with van der Waals surface area (Å²) in [4.78, 5) is 0. The van der Waals surface area contributed by atoms with Crippen molar-refractivity contribution in [1.29, 1.82) is 0 Å². The van der Waals surface area contributed by atoms with Crippen LogP contribution in [0.4, 0.5) is 0 Å². The van der Waals surface area contributed by atoms with Gasteiger partial charge in [-0.1, -0.05) is 39.0 Å². The molecule has 2 heteroatoms. The summed E-state index contributed by atoms with van der Waals surface area (Å²) in [5, 5.41) is 3.62. The Hall–Kier alpha value is -1.02. The summed E-state index contributed by atoms with van der Waals surface area (Å²) in [5.41, 5.74) is 1.76. The predicted octanol–water partition coefficient (Wildman–Crippen LogP) is 4.75. The molecule has 1 aliphatic rings. The summed E-state index contributed by atoms with van der Waals surface area (Å²) in [6.45, 7) is 11.3. The van der Waals surface area contributed by atoms with E-state index in [1.54, 1.807) is 0 Å². The number of fused-ring (bicyclic) bond motifs is 1. The van der Waals surface area contributed by atoms with Crippen LogP contribution in [0.1, 0.15) is 64.9 Å². The monoisotopic (exact) mass is 289 g/mol. The first-order valence-electron chi connectivity index (χ1n) is 8.47. The molecule has 1 aliphatic heterocycles. The van der Waals surface area contributed by atoms with E-state index in [-0.39, 0.29) is 0 Å². The molecule has 0 aliphatic carbocycles. The van der Waals surface area contributed by atoms with Crippen LogP contribution in [0.3, 0.4) is 0 Å². The average Bonchev–Trinajstić information content (AvgIpc) is 2.44. The summed E-state index contributed by atoms with van der Waals surface area (Å²) >= 11 is 0. The fourth-order valence-electron chi connectivity index (χ4n) is 3.67. The van der Waals surface area contributed by atoms with Crippen LogP contribution >= 0.6 is 0 Å². The first-order chi connectivity index (χ1) is 10.0. The predicted molar refractivity (Wildman–Crippen MR) is 90.1 cm³/mol. The third kappa shape index (κ3) is 4.74. The Balaban J connectivity index is 1.97. The fraction of sp³-hybridized carbons (Fsp3) is 0.684. The molecule has 0 aromatic heterocycles. The normalized spacial score (nSPS) is 19.7. The van der Waals surface area contributed by atoms with Gasteiger partial charge in [0, 0.05) is 6.04 Å². The lowest BCUT2D eigenvalue weighted by molar-refractivity contribution is 0.205. The zero-order chi connectivity index (χ0) is 15.3. The molecule has 0 spiro atoms. The Kier molecular flexibility index (Phi) is 5.69. The molecule has 2 atom stereocenters. The minimum absolute atomic E-state index is 0.356. The highest BCUT2D eigenvalue weighted by molar-refractivity contribution is 5.37. The van der Waals surface area contributed by atoms with Crippen molar-refractivity contribution in [1.82, 2.24) is 5.32 Å². The van der Waals surface area contributed by atoms with Crippen molar-refractivity contribution in [3.63, 3.8) is 0 Å². The topological polar surface area (TPSA) is 21.3 Å². The van der Waals surface area contributed by atoms with E-state index in [2.05, 4.69) is 57.3 Å². The lowest BCUT2D eigenvalue weighted by Gasteiger charge is -2.35. The van der Waals surface area contributed by atoms with Crippen LogP contribution in [0.5, 0.6) is 5.75 Å². The zero-order valence-electron chi connectivity index (χ0n) is 14.1. The molecule has 2 unspecified atom stereocenters. The molecular weight excluding hydrogens is 258 g/mol. The van der Waals surface area contributed by atoms with Crippen LogP contribution in [0.15, 0.2) is 24.3 Å². The van der Waals surface area contributed by atoms with Gasteiger partial charge in [0.2, 0.25) is 0 Å². The van der Waals surface area contributed by atoms with Gasteiger partial charge in [0.25, 0.3) is 0 Å². The van der Waals surface area contributed by atoms with E-state index >= 15 is 0 Å². The lowest BCUT2D eigenvalue weighted by atomic mass is 9.74. The van der Waals surface area contributed by atoms with Crippen molar-refractivity contribution in [2.45, 2.75) is 65.3 Å². The SMILES string of the molecule is CCCNC(C)CC(C)(C)CC1CCOc2ccccc21. The van der Waals surface area contributed by atoms with Gasteiger partial charge in [-0.3, -0.25) is 0 Å². The number of hydrogen-bond donors (Lipinski definition) is 1. The van der Waals surface area contributed by atoms with Gasteiger partial charge in [0.05, 0.1) is 6.61 Å². The summed E-state index contributed by atoms with van der Waals surface area (Å²) in [5.74, 6) is 1.74. The summed E-state index contributed by atoms with van der Waals surface area (Å²) < 4.78 is 5.79. The Morgan fingerprint density at radius 2 is 2.10 bits per heavy atom. The molecule has 118 valence electrons. The van der Waals surface area contributed by atoms with Gasteiger partial charge in [-0.15, -0.1) is 0 Å². The highest BCUT2D eigenvalue weighted by Crippen LogP contribution is 2.42. The number of nitrogens with one attached hydrogen (secondary N) is 1. The first kappa shape index (κ1) is 16.4. The standard InChI is InChI=1S/C19H31NO/c1-5-11-20-15(2)13-19(3,4)14-16-10-12-21-18-9-7-6-8-17(16)18/h6-9,15-16,20H,5,10-14H2,1-4H3. The summed E-state index contributed by atoms with van der Waals surface area (Å²) in [6, 6.07) is 9.16. The first-order valence-corrected chi connectivity index (χ1v) is 8.47. The molecule has 0 amide bonds. The number of benzene rings is 1. The molecule has 1 aromatic rings. The van der Waals surface area contributed by atoms with E-state index in [1.807, 2.05) is 0 Å². The Morgan fingerprint density at radius 3 is 2.86 bits per heavy atom. The minimum atomic E-state index is 0.356. The third-order valence-corrected chi connectivity index (χ3v) is 4.48. The smallest absolute Gasteiger partial charge is 0.122 e. The summed E-state index contributed by atoms with van der Waals surface area (Å²) in [7, 11) is 0. The van der Waals surface area contributed by atoms with Gasteiger partial charge in [0.15, 0.2) is 0 Å². The van der Waals surface area contributed by atoms with E-state index < -0.39 is 0 Å². The Labute approximate surface area is 130 Å².